The molecule has 0 radical (unpaired) electrons. The predicted octanol–water partition coefficient (Wildman–Crippen LogP) is 2.76. The first-order chi connectivity index (χ1) is 8.39. The van der Waals surface area contributed by atoms with Gasteiger partial charge in [-0.3, -0.25) is 4.90 Å². The molecule has 1 saturated heterocycles. The molecule has 18 heavy (non-hydrogen) atoms. The molecule has 1 aliphatic rings. The smallest absolute Gasteiger partial charge is 0.338 e. The molecule has 1 aromatic carbocycles. The van der Waals surface area contributed by atoms with Crippen molar-refractivity contribution in [2.75, 3.05) is 18.0 Å². The lowest BCUT2D eigenvalue weighted by atomic mass is 10.1. The van der Waals surface area contributed by atoms with Crippen molar-refractivity contribution in [3.05, 3.63) is 29.6 Å². The lowest BCUT2D eigenvalue weighted by molar-refractivity contribution is -0.137. The molecule has 3 nitrogen and oxygen atoms in total. The Morgan fingerprint density at radius 3 is 2.61 bits per heavy atom. The molecule has 0 atom stereocenters. The zero-order chi connectivity index (χ0) is 13.3. The van der Waals surface area contributed by atoms with Crippen molar-refractivity contribution in [2.24, 2.45) is 0 Å². The average Bonchev–Trinajstić information content (AvgIpc) is 2.29. The second kappa shape index (κ2) is 4.47. The van der Waals surface area contributed by atoms with Gasteiger partial charge in [-0.1, -0.05) is 0 Å². The maximum Gasteiger partial charge on any atom is 0.416 e. The fourth-order valence-electron chi connectivity index (χ4n) is 1.76. The van der Waals surface area contributed by atoms with Crippen molar-refractivity contribution in [3.63, 3.8) is 0 Å². The molecular formula is C11H10F4N2O. The zero-order valence-electron chi connectivity index (χ0n) is 9.22. The van der Waals surface area contributed by atoms with Crippen LogP contribution in [0.4, 0.5) is 28.0 Å². The fraction of sp³-hybridized carbons (Fsp3) is 0.364. The van der Waals surface area contributed by atoms with Crippen molar-refractivity contribution in [1.82, 2.24) is 5.32 Å². The third kappa shape index (κ3) is 2.39. The SMILES string of the molecule is O=C1NCCCN1c1cc(C(F)(F)F)ccc1F. The van der Waals surface area contributed by atoms with Crippen LogP contribution in [0, 0.1) is 5.82 Å². The lowest BCUT2D eigenvalue weighted by Gasteiger charge is -2.28. The number of rotatable bonds is 1. The van der Waals surface area contributed by atoms with E-state index in [0.717, 1.165) is 11.0 Å². The Balaban J connectivity index is 2.40. The molecule has 0 bridgehead atoms. The minimum Gasteiger partial charge on any atom is -0.338 e. The van der Waals surface area contributed by atoms with Crippen LogP contribution in [0.2, 0.25) is 0 Å². The van der Waals surface area contributed by atoms with E-state index in [1.54, 1.807) is 0 Å². The van der Waals surface area contributed by atoms with Crippen LogP contribution in [0.5, 0.6) is 0 Å². The zero-order valence-corrected chi connectivity index (χ0v) is 9.22. The summed E-state index contributed by atoms with van der Waals surface area (Å²) in [6.07, 6.45) is -4.00. The van der Waals surface area contributed by atoms with E-state index in [2.05, 4.69) is 5.32 Å². The number of nitrogens with zero attached hydrogens (tertiary/aromatic N) is 1. The van der Waals surface area contributed by atoms with E-state index in [1.165, 1.54) is 0 Å². The van der Waals surface area contributed by atoms with Crippen LogP contribution in [-0.4, -0.2) is 19.1 Å². The molecule has 0 unspecified atom stereocenters. The molecule has 7 heteroatoms. The van der Waals surface area contributed by atoms with Crippen molar-refractivity contribution >= 4 is 11.7 Å². The van der Waals surface area contributed by atoms with Gasteiger partial charge in [-0.2, -0.15) is 13.2 Å². The van der Waals surface area contributed by atoms with E-state index in [0.29, 0.717) is 25.1 Å². The van der Waals surface area contributed by atoms with Crippen LogP contribution in [0.3, 0.4) is 0 Å². The summed E-state index contributed by atoms with van der Waals surface area (Å²) in [5.41, 5.74) is -1.32. The summed E-state index contributed by atoms with van der Waals surface area (Å²) in [6.45, 7) is 0.639. The van der Waals surface area contributed by atoms with Gasteiger partial charge in [-0.15, -0.1) is 0 Å². The number of hydrogen-bond donors (Lipinski definition) is 1. The van der Waals surface area contributed by atoms with Crippen LogP contribution in [-0.2, 0) is 6.18 Å². The molecule has 0 aliphatic carbocycles. The number of carbonyl (C=O) groups is 1. The molecule has 98 valence electrons. The number of anilines is 1. The first-order valence-electron chi connectivity index (χ1n) is 5.32. The Bertz CT molecular complexity index is 473. The molecule has 1 N–H and O–H groups in total. The van der Waals surface area contributed by atoms with Gasteiger partial charge in [0, 0.05) is 13.1 Å². The van der Waals surface area contributed by atoms with Gasteiger partial charge in [-0.25, -0.2) is 9.18 Å². The highest BCUT2D eigenvalue weighted by Gasteiger charge is 2.32. The van der Waals surface area contributed by atoms with E-state index >= 15 is 0 Å². The van der Waals surface area contributed by atoms with Gasteiger partial charge in [0.05, 0.1) is 11.3 Å². The van der Waals surface area contributed by atoms with Gasteiger partial charge in [0.25, 0.3) is 0 Å². The van der Waals surface area contributed by atoms with Crippen molar-refractivity contribution in [1.29, 1.82) is 0 Å². The highest BCUT2D eigenvalue weighted by atomic mass is 19.4. The first-order valence-corrected chi connectivity index (χ1v) is 5.32. The van der Waals surface area contributed by atoms with Gasteiger partial charge in [0.1, 0.15) is 5.82 Å². The Morgan fingerprint density at radius 1 is 1.28 bits per heavy atom. The topological polar surface area (TPSA) is 32.3 Å². The number of hydrogen-bond acceptors (Lipinski definition) is 1. The maximum absolute atomic E-state index is 13.5. The summed E-state index contributed by atoms with van der Waals surface area (Å²) in [6, 6.07) is 1.44. The van der Waals surface area contributed by atoms with E-state index in [-0.39, 0.29) is 12.2 Å². The van der Waals surface area contributed by atoms with Gasteiger partial charge in [0.15, 0.2) is 0 Å². The molecule has 1 heterocycles. The molecule has 1 fully saturated rings. The van der Waals surface area contributed by atoms with Crippen LogP contribution < -0.4 is 10.2 Å². The minimum absolute atomic E-state index is 0.198. The van der Waals surface area contributed by atoms with E-state index < -0.39 is 23.6 Å². The van der Waals surface area contributed by atoms with E-state index in [9.17, 15) is 22.4 Å². The number of nitrogens with one attached hydrogen (secondary N) is 1. The van der Waals surface area contributed by atoms with Gasteiger partial charge in [0.2, 0.25) is 0 Å². The Kier molecular flexibility index (Phi) is 3.14. The summed E-state index contributed by atoms with van der Waals surface area (Å²) in [5, 5.41) is 2.46. The minimum atomic E-state index is -4.56. The monoisotopic (exact) mass is 262 g/mol. The summed E-state index contributed by atoms with van der Waals surface area (Å²) in [5.74, 6) is -0.847. The number of benzene rings is 1. The highest BCUT2D eigenvalue weighted by molar-refractivity contribution is 5.92. The molecule has 1 aliphatic heterocycles. The highest BCUT2D eigenvalue weighted by Crippen LogP contribution is 2.33. The van der Waals surface area contributed by atoms with E-state index in [4.69, 9.17) is 0 Å². The maximum atomic E-state index is 13.5. The normalized spacial score (nSPS) is 16.7. The first kappa shape index (κ1) is 12.7. The van der Waals surface area contributed by atoms with Gasteiger partial charge < -0.3 is 5.32 Å². The molecule has 0 saturated carbocycles. The van der Waals surface area contributed by atoms with Crippen molar-refractivity contribution in [2.45, 2.75) is 12.6 Å². The van der Waals surface area contributed by atoms with Crippen LogP contribution in [0.25, 0.3) is 0 Å². The predicted molar refractivity (Wildman–Crippen MR) is 56.8 cm³/mol. The summed E-state index contributed by atoms with van der Waals surface area (Å²) < 4.78 is 51.1. The number of halogens is 4. The Morgan fingerprint density at radius 2 is 2.00 bits per heavy atom. The third-order valence-corrected chi connectivity index (χ3v) is 2.64. The second-order valence-electron chi connectivity index (χ2n) is 3.90. The van der Waals surface area contributed by atoms with Gasteiger partial charge in [-0.05, 0) is 24.6 Å². The molecule has 1 aromatic rings. The lowest BCUT2D eigenvalue weighted by Crippen LogP contribution is -2.46. The molecule has 2 rings (SSSR count). The van der Waals surface area contributed by atoms with Crippen LogP contribution in [0.15, 0.2) is 18.2 Å². The van der Waals surface area contributed by atoms with Crippen LogP contribution >= 0.6 is 0 Å². The third-order valence-electron chi connectivity index (χ3n) is 2.64. The molecule has 0 spiro atoms. The average molecular weight is 262 g/mol. The van der Waals surface area contributed by atoms with Gasteiger partial charge >= 0.3 is 12.2 Å². The molecular weight excluding hydrogens is 252 g/mol. The largest absolute Gasteiger partial charge is 0.416 e. The Hall–Kier alpha value is -1.79. The fourth-order valence-corrected chi connectivity index (χ4v) is 1.76. The number of alkyl halides is 3. The Labute approximate surface area is 100 Å². The van der Waals surface area contributed by atoms with Crippen molar-refractivity contribution in [3.8, 4) is 0 Å². The summed E-state index contributed by atoms with van der Waals surface area (Å²) in [4.78, 5) is 12.5. The molecule has 0 aromatic heterocycles. The summed E-state index contributed by atoms with van der Waals surface area (Å²) in [7, 11) is 0. The number of amides is 2. The summed E-state index contributed by atoms with van der Waals surface area (Å²) >= 11 is 0. The quantitative estimate of drug-likeness (QED) is 0.775. The molecule has 2 amide bonds. The van der Waals surface area contributed by atoms with Crippen molar-refractivity contribution < 1.29 is 22.4 Å². The van der Waals surface area contributed by atoms with E-state index in [1.807, 2.05) is 0 Å². The van der Waals surface area contributed by atoms with Crippen LogP contribution in [0.1, 0.15) is 12.0 Å². The number of carbonyl (C=O) groups excluding carboxylic acids is 1. The standard InChI is InChI=1S/C11H10F4N2O/c12-8-3-2-7(11(13,14)15)6-9(8)17-5-1-4-16-10(17)18/h2-3,6H,1,4-5H2,(H,16,18). The second-order valence-corrected chi connectivity index (χ2v) is 3.90. The number of urea groups is 1.